The Kier molecular flexibility index (Phi) is 3.83. The standard InChI is InChI=1S/C40H21NO2/c1-4-13-31-29(10-1)38-33(21-19-27-23-9-3-6-15-35(23)43-40(27)38)41(31)32-20-18-24-25-16-17-26-22-8-2-5-14-34(22)42-39(26)37(25)30-12-7-11-28(32)36(24)30/h1-21H. The molecule has 0 atom stereocenters. The first-order chi connectivity index (χ1) is 21.3. The van der Waals surface area contributed by atoms with E-state index in [1.54, 1.807) is 0 Å². The van der Waals surface area contributed by atoms with Crippen molar-refractivity contribution < 1.29 is 8.83 Å². The molecule has 0 saturated heterocycles. The number of hydrogen-bond acceptors (Lipinski definition) is 2. The van der Waals surface area contributed by atoms with Crippen LogP contribution in [0.1, 0.15) is 0 Å². The van der Waals surface area contributed by atoms with Gasteiger partial charge in [-0.2, -0.15) is 0 Å². The van der Waals surface area contributed by atoms with Crippen LogP contribution in [0.15, 0.2) is 136 Å². The molecule has 3 heterocycles. The number of aromatic nitrogens is 1. The number of fused-ring (bicyclic) bond motifs is 14. The Bertz CT molecular complexity index is 2840. The average Bonchev–Trinajstić information content (AvgIpc) is 3.80. The van der Waals surface area contributed by atoms with Gasteiger partial charge in [-0.25, -0.2) is 0 Å². The first kappa shape index (κ1) is 21.9. The van der Waals surface area contributed by atoms with E-state index in [1.165, 1.54) is 43.9 Å². The molecule has 10 aromatic rings. The van der Waals surface area contributed by atoms with Gasteiger partial charge in [-0.1, -0.05) is 84.9 Å². The minimum Gasteiger partial charge on any atom is -0.455 e. The van der Waals surface area contributed by atoms with E-state index in [2.05, 4.69) is 120 Å². The highest BCUT2D eigenvalue weighted by Crippen LogP contribution is 2.53. The summed E-state index contributed by atoms with van der Waals surface area (Å²) in [6.45, 7) is 0. The van der Waals surface area contributed by atoms with Gasteiger partial charge in [0.25, 0.3) is 0 Å². The Balaban J connectivity index is 1.26. The van der Waals surface area contributed by atoms with Crippen LogP contribution in [-0.2, 0) is 0 Å². The Morgan fingerprint density at radius 1 is 0.372 bits per heavy atom. The second kappa shape index (κ2) is 7.53. The van der Waals surface area contributed by atoms with E-state index in [9.17, 15) is 0 Å². The molecule has 3 aromatic heterocycles. The van der Waals surface area contributed by atoms with Crippen molar-refractivity contribution in [2.45, 2.75) is 0 Å². The van der Waals surface area contributed by atoms with Crippen molar-refractivity contribution in [3.05, 3.63) is 127 Å². The van der Waals surface area contributed by atoms with Crippen LogP contribution in [0, 0.1) is 0 Å². The number of nitrogens with zero attached hydrogens (tertiary/aromatic N) is 1. The van der Waals surface area contributed by atoms with Crippen molar-refractivity contribution in [1.29, 1.82) is 0 Å². The lowest BCUT2D eigenvalue weighted by Crippen LogP contribution is -1.95. The van der Waals surface area contributed by atoms with Crippen LogP contribution >= 0.6 is 0 Å². The first-order valence-electron chi connectivity index (χ1n) is 14.7. The largest absolute Gasteiger partial charge is 0.455 e. The maximum Gasteiger partial charge on any atom is 0.145 e. The third-order valence-electron chi connectivity index (χ3n) is 9.55. The molecule has 198 valence electrons. The van der Waals surface area contributed by atoms with Crippen LogP contribution in [0.5, 0.6) is 0 Å². The van der Waals surface area contributed by atoms with Crippen LogP contribution in [0.2, 0.25) is 0 Å². The molecule has 1 aliphatic carbocycles. The summed E-state index contributed by atoms with van der Waals surface area (Å²) in [7, 11) is 0. The van der Waals surface area contributed by atoms with E-state index in [1.807, 2.05) is 12.1 Å². The molecule has 0 spiro atoms. The topological polar surface area (TPSA) is 31.2 Å². The minimum atomic E-state index is 0.918. The quantitative estimate of drug-likeness (QED) is 0.205. The zero-order chi connectivity index (χ0) is 27.8. The van der Waals surface area contributed by atoms with Crippen LogP contribution in [0.4, 0.5) is 0 Å². The van der Waals surface area contributed by atoms with E-state index in [4.69, 9.17) is 8.83 Å². The lowest BCUT2D eigenvalue weighted by atomic mass is 10.0. The third kappa shape index (κ3) is 2.58. The van der Waals surface area contributed by atoms with E-state index in [0.29, 0.717) is 0 Å². The lowest BCUT2D eigenvalue weighted by Gasteiger charge is -2.13. The second-order valence-electron chi connectivity index (χ2n) is 11.6. The fraction of sp³-hybridized carbons (Fsp3) is 0. The highest BCUT2D eigenvalue weighted by Gasteiger charge is 2.28. The molecule has 0 fully saturated rings. The molecule has 7 aromatic carbocycles. The van der Waals surface area contributed by atoms with Crippen LogP contribution in [0.25, 0.3) is 104 Å². The number of furan rings is 2. The van der Waals surface area contributed by atoms with E-state index < -0.39 is 0 Å². The van der Waals surface area contributed by atoms with Crippen molar-refractivity contribution in [2.24, 2.45) is 0 Å². The monoisotopic (exact) mass is 547 g/mol. The second-order valence-corrected chi connectivity index (χ2v) is 11.6. The molecular weight excluding hydrogens is 526 g/mol. The van der Waals surface area contributed by atoms with Crippen molar-refractivity contribution >= 4 is 76.5 Å². The Hall–Kier alpha value is -5.80. The van der Waals surface area contributed by atoms with Crippen molar-refractivity contribution in [1.82, 2.24) is 4.57 Å². The fourth-order valence-corrected chi connectivity index (χ4v) is 7.79. The summed E-state index contributed by atoms with van der Waals surface area (Å²) in [6, 6.07) is 45.6. The maximum absolute atomic E-state index is 6.54. The van der Waals surface area contributed by atoms with Gasteiger partial charge < -0.3 is 13.4 Å². The minimum absolute atomic E-state index is 0.918. The number of para-hydroxylation sites is 3. The number of benzene rings is 7. The molecule has 0 radical (unpaired) electrons. The van der Waals surface area contributed by atoms with Crippen molar-refractivity contribution in [2.75, 3.05) is 0 Å². The van der Waals surface area contributed by atoms with E-state index in [-0.39, 0.29) is 0 Å². The highest BCUT2D eigenvalue weighted by atomic mass is 16.3. The van der Waals surface area contributed by atoms with Gasteiger partial charge >= 0.3 is 0 Å². The zero-order valence-electron chi connectivity index (χ0n) is 22.9. The van der Waals surface area contributed by atoms with Gasteiger partial charge in [0.15, 0.2) is 0 Å². The van der Waals surface area contributed by atoms with Gasteiger partial charge in [-0.3, -0.25) is 0 Å². The summed E-state index contributed by atoms with van der Waals surface area (Å²) >= 11 is 0. The van der Waals surface area contributed by atoms with E-state index >= 15 is 0 Å². The van der Waals surface area contributed by atoms with Gasteiger partial charge in [-0.05, 0) is 64.5 Å². The van der Waals surface area contributed by atoms with Gasteiger partial charge in [0.05, 0.1) is 22.1 Å². The smallest absolute Gasteiger partial charge is 0.145 e. The average molecular weight is 548 g/mol. The number of rotatable bonds is 1. The molecular formula is C40H21NO2. The van der Waals surface area contributed by atoms with Gasteiger partial charge in [0, 0.05) is 37.9 Å². The molecule has 0 bridgehead atoms. The molecule has 3 nitrogen and oxygen atoms in total. The van der Waals surface area contributed by atoms with E-state index in [0.717, 1.165) is 60.5 Å². The highest BCUT2D eigenvalue weighted by molar-refractivity contribution is 6.26. The molecule has 0 amide bonds. The van der Waals surface area contributed by atoms with Gasteiger partial charge in [-0.15, -0.1) is 0 Å². The number of hydrogen-bond donors (Lipinski definition) is 0. The molecule has 0 saturated carbocycles. The SMILES string of the molecule is c1ccc2c(c1)oc1c3c(ccc12)-c1ccc(-n2c4ccccc4c4c5oc6ccccc6c5ccc42)c2cccc-3c12. The fourth-order valence-electron chi connectivity index (χ4n) is 7.79. The predicted molar refractivity (Wildman–Crippen MR) is 177 cm³/mol. The normalized spacial score (nSPS) is 12.7. The van der Waals surface area contributed by atoms with Crippen LogP contribution in [-0.4, -0.2) is 4.57 Å². The predicted octanol–water partition coefficient (Wildman–Crippen LogP) is 11.4. The van der Waals surface area contributed by atoms with Crippen molar-refractivity contribution in [3.63, 3.8) is 0 Å². The Morgan fingerprint density at radius 2 is 1.02 bits per heavy atom. The molecule has 43 heavy (non-hydrogen) atoms. The molecule has 11 rings (SSSR count). The third-order valence-corrected chi connectivity index (χ3v) is 9.55. The molecule has 0 aliphatic heterocycles. The van der Waals surface area contributed by atoms with Crippen LogP contribution in [0.3, 0.4) is 0 Å². The summed E-state index contributed by atoms with van der Waals surface area (Å²) in [5, 5.41) is 9.47. The molecule has 0 N–H and O–H groups in total. The summed E-state index contributed by atoms with van der Waals surface area (Å²) in [5.74, 6) is 0. The Labute approximate surface area is 244 Å². The Morgan fingerprint density at radius 3 is 1.86 bits per heavy atom. The molecule has 1 aliphatic rings. The first-order valence-corrected chi connectivity index (χ1v) is 14.7. The van der Waals surface area contributed by atoms with Gasteiger partial charge in [0.2, 0.25) is 0 Å². The molecule has 0 unspecified atom stereocenters. The zero-order valence-corrected chi connectivity index (χ0v) is 22.9. The summed E-state index contributed by atoms with van der Waals surface area (Å²) < 4.78 is 15.5. The summed E-state index contributed by atoms with van der Waals surface area (Å²) in [6.07, 6.45) is 0. The summed E-state index contributed by atoms with van der Waals surface area (Å²) in [4.78, 5) is 0. The van der Waals surface area contributed by atoms with Crippen molar-refractivity contribution in [3.8, 4) is 27.9 Å². The molecule has 3 heteroatoms. The van der Waals surface area contributed by atoms with Crippen LogP contribution < -0.4 is 0 Å². The lowest BCUT2D eigenvalue weighted by molar-refractivity contribution is 0.670. The van der Waals surface area contributed by atoms with Gasteiger partial charge in [0.1, 0.15) is 22.3 Å². The summed E-state index contributed by atoms with van der Waals surface area (Å²) in [5.41, 5.74) is 12.1. The maximum atomic E-state index is 6.54.